The Morgan fingerprint density at radius 2 is 1.38 bits per heavy atom. The van der Waals surface area contributed by atoms with E-state index in [1.54, 1.807) is 0 Å². The molecule has 61 heavy (non-hydrogen) atoms. The standard InChI is InChI=1S/C54H42N6.Pt/c1-33(2)43-31-45-40-22-21-35(29-48(40)60(50-30-36(25-28-56-50)54(3,4)5)49(45)32-44(43)34-23-26-55-27-24-34)38-16-12-20-47-52(38)58-53(59(47)37-13-7-6-8-14-37)42-18-11-17-41-39-15-9-10-19-46(39)57-51(41)42;/h6-28,30-33H,1-5H3;/q-2;+2. The van der Waals surface area contributed by atoms with Gasteiger partial charge < -0.3 is 9.55 Å². The number of pyridine rings is 2. The maximum absolute atomic E-state index is 5.55. The van der Waals surface area contributed by atoms with Crippen molar-refractivity contribution in [3.05, 3.63) is 175 Å². The number of nitrogens with zero attached hydrogens (tertiary/aromatic N) is 6. The number of rotatable bonds is 6. The number of fused-ring (bicyclic) bond motifs is 7. The van der Waals surface area contributed by atoms with E-state index in [1.807, 2.05) is 24.7 Å². The molecule has 0 saturated heterocycles. The van der Waals surface area contributed by atoms with Crippen molar-refractivity contribution >= 4 is 54.6 Å². The van der Waals surface area contributed by atoms with Crippen LogP contribution in [0.3, 0.4) is 0 Å². The van der Waals surface area contributed by atoms with Crippen LogP contribution >= 0.6 is 0 Å². The summed E-state index contributed by atoms with van der Waals surface area (Å²) < 4.78 is 4.58. The maximum atomic E-state index is 5.55. The van der Waals surface area contributed by atoms with Crippen molar-refractivity contribution in [2.24, 2.45) is 0 Å². The zero-order valence-electron chi connectivity index (χ0n) is 34.6. The average molecular weight is 970 g/mol. The van der Waals surface area contributed by atoms with Gasteiger partial charge in [0.25, 0.3) is 0 Å². The number of imidazole rings is 1. The van der Waals surface area contributed by atoms with Gasteiger partial charge in [-0.25, -0.2) is 9.97 Å². The second-order valence-electron chi connectivity index (χ2n) is 17.1. The summed E-state index contributed by atoms with van der Waals surface area (Å²) in [5, 5.41) is 4.57. The van der Waals surface area contributed by atoms with Crippen LogP contribution in [-0.4, -0.2) is 24.1 Å². The van der Waals surface area contributed by atoms with Crippen molar-refractivity contribution in [3.8, 4) is 45.1 Å². The molecule has 11 aromatic rings. The molecule has 0 N–H and O–H groups in total. The largest absolute Gasteiger partial charge is 2.00 e. The van der Waals surface area contributed by atoms with Crippen LogP contribution in [0.25, 0.3) is 99.8 Å². The minimum absolute atomic E-state index is 0. The Balaban J connectivity index is 0.00000445. The predicted molar refractivity (Wildman–Crippen MR) is 247 cm³/mol. The Labute approximate surface area is 369 Å². The molecule has 0 amide bonds. The van der Waals surface area contributed by atoms with Gasteiger partial charge in [-0.2, -0.15) is 0 Å². The van der Waals surface area contributed by atoms with Crippen LogP contribution in [0.5, 0.6) is 0 Å². The van der Waals surface area contributed by atoms with E-state index < -0.39 is 0 Å². The third kappa shape index (κ3) is 6.31. The molecule has 0 atom stereocenters. The van der Waals surface area contributed by atoms with Gasteiger partial charge in [0.05, 0.1) is 11.0 Å². The molecule has 6 aromatic carbocycles. The van der Waals surface area contributed by atoms with Gasteiger partial charge in [0.1, 0.15) is 11.6 Å². The van der Waals surface area contributed by atoms with Crippen molar-refractivity contribution in [2.75, 3.05) is 0 Å². The fraction of sp³-hybridized carbons (Fsp3) is 0.130. The fourth-order valence-electron chi connectivity index (χ4n) is 8.98. The summed E-state index contributed by atoms with van der Waals surface area (Å²) in [6, 6.07) is 53.5. The Bertz CT molecular complexity index is 3440. The summed E-state index contributed by atoms with van der Waals surface area (Å²) >= 11 is 0. The van der Waals surface area contributed by atoms with E-state index in [4.69, 9.17) is 15.0 Å². The third-order valence-electron chi connectivity index (χ3n) is 12.0. The Kier molecular flexibility index (Phi) is 9.38. The Morgan fingerprint density at radius 1 is 0.623 bits per heavy atom. The molecule has 6 nitrogen and oxygen atoms in total. The summed E-state index contributed by atoms with van der Waals surface area (Å²) in [6.07, 6.45) is 5.68. The monoisotopic (exact) mass is 969 g/mol. The minimum Gasteiger partial charge on any atom is -0.656 e. The summed E-state index contributed by atoms with van der Waals surface area (Å²) in [5.74, 6) is 2.02. The van der Waals surface area contributed by atoms with E-state index in [1.165, 1.54) is 22.1 Å². The van der Waals surface area contributed by atoms with Gasteiger partial charge in [0.2, 0.25) is 0 Å². The third-order valence-corrected chi connectivity index (χ3v) is 12.0. The predicted octanol–water partition coefficient (Wildman–Crippen LogP) is 13.4. The topological polar surface area (TPSA) is 62.6 Å². The summed E-state index contributed by atoms with van der Waals surface area (Å²) in [6.45, 7) is 11.3. The maximum Gasteiger partial charge on any atom is 2.00 e. The van der Waals surface area contributed by atoms with Gasteiger partial charge in [-0.3, -0.25) is 9.55 Å². The van der Waals surface area contributed by atoms with Gasteiger partial charge in [0, 0.05) is 35.4 Å². The Morgan fingerprint density at radius 3 is 2.18 bits per heavy atom. The number of benzene rings is 6. The fourth-order valence-corrected chi connectivity index (χ4v) is 8.98. The van der Waals surface area contributed by atoms with E-state index in [0.717, 1.165) is 88.8 Å². The number of hydrogen-bond donors (Lipinski definition) is 0. The molecule has 0 aliphatic heterocycles. The van der Waals surface area contributed by atoms with Crippen molar-refractivity contribution < 1.29 is 21.1 Å². The van der Waals surface area contributed by atoms with E-state index in [-0.39, 0.29) is 26.5 Å². The molecule has 7 heteroatoms. The number of aromatic nitrogens is 6. The zero-order chi connectivity index (χ0) is 40.7. The molecule has 0 unspecified atom stereocenters. The van der Waals surface area contributed by atoms with E-state index in [9.17, 15) is 0 Å². The van der Waals surface area contributed by atoms with Gasteiger partial charge in [-0.15, -0.1) is 34.8 Å². The van der Waals surface area contributed by atoms with Gasteiger partial charge in [0.15, 0.2) is 0 Å². The van der Waals surface area contributed by atoms with Crippen molar-refractivity contribution in [3.63, 3.8) is 0 Å². The van der Waals surface area contributed by atoms with Crippen LogP contribution in [0.2, 0.25) is 0 Å². The number of para-hydroxylation sites is 4. The van der Waals surface area contributed by atoms with Crippen LogP contribution in [-0.2, 0) is 26.5 Å². The normalized spacial score (nSPS) is 12.0. The SMILES string of the molecule is CC(C)c1cc2c3ccc(-c4cccc5c4nc(-c4cccc6c4[n-]c4ccccc46)n5-c4ccccc4)[c-]c3n(-c3cc(C(C)(C)C)ccn3)c2cc1-c1ccncc1.[Pt+2]. The van der Waals surface area contributed by atoms with Gasteiger partial charge >= 0.3 is 21.1 Å². The Hall–Kier alpha value is -6.62. The molecular weight excluding hydrogens is 928 g/mol. The van der Waals surface area contributed by atoms with Crippen LogP contribution in [0, 0.1) is 6.07 Å². The average Bonchev–Trinajstić information content (AvgIpc) is 3.95. The first-order valence-corrected chi connectivity index (χ1v) is 20.7. The first kappa shape index (κ1) is 38.6. The molecular formula is C54H42N6Pt. The molecule has 298 valence electrons. The van der Waals surface area contributed by atoms with E-state index in [0.29, 0.717) is 5.92 Å². The molecule has 5 aromatic heterocycles. The first-order valence-electron chi connectivity index (χ1n) is 20.7. The van der Waals surface area contributed by atoms with Crippen molar-refractivity contribution in [2.45, 2.75) is 46.0 Å². The first-order chi connectivity index (χ1) is 29.2. The quantitative estimate of drug-likeness (QED) is 0.156. The molecule has 0 aliphatic rings. The molecule has 0 radical (unpaired) electrons. The second kappa shape index (κ2) is 14.8. The molecule has 0 spiro atoms. The van der Waals surface area contributed by atoms with Crippen molar-refractivity contribution in [1.82, 2.24) is 29.1 Å². The molecule has 5 heterocycles. The van der Waals surface area contributed by atoms with Crippen LogP contribution in [0.4, 0.5) is 0 Å². The second-order valence-corrected chi connectivity index (χ2v) is 17.1. The van der Waals surface area contributed by atoms with Gasteiger partial charge in [-0.05, 0) is 104 Å². The molecule has 11 rings (SSSR count). The van der Waals surface area contributed by atoms with Gasteiger partial charge in [-0.1, -0.05) is 124 Å². The number of hydrogen-bond acceptors (Lipinski definition) is 3. The molecule has 0 bridgehead atoms. The summed E-state index contributed by atoms with van der Waals surface area (Å²) in [5.41, 5.74) is 14.7. The van der Waals surface area contributed by atoms with E-state index >= 15 is 0 Å². The molecule has 0 saturated carbocycles. The summed E-state index contributed by atoms with van der Waals surface area (Å²) in [4.78, 5) is 20.1. The molecule has 0 fully saturated rings. The van der Waals surface area contributed by atoms with Crippen LogP contribution in [0.15, 0.2) is 158 Å². The minimum atomic E-state index is -0.0573. The zero-order valence-corrected chi connectivity index (χ0v) is 36.9. The van der Waals surface area contributed by atoms with Crippen molar-refractivity contribution in [1.29, 1.82) is 0 Å². The smallest absolute Gasteiger partial charge is 0.656 e. The summed E-state index contributed by atoms with van der Waals surface area (Å²) in [7, 11) is 0. The van der Waals surface area contributed by atoms with Crippen LogP contribution in [0.1, 0.15) is 51.7 Å². The van der Waals surface area contributed by atoms with Crippen LogP contribution < -0.4 is 4.98 Å². The molecule has 0 aliphatic carbocycles. The van der Waals surface area contributed by atoms with E-state index in [2.05, 4.69) is 188 Å².